The molecule has 5 heteroatoms. The minimum absolute atomic E-state index is 0.841. The Labute approximate surface area is 93.1 Å². The molecule has 2 rings (SSSR count). The van der Waals surface area contributed by atoms with Crippen LogP contribution in [0.5, 0.6) is 0 Å². The van der Waals surface area contributed by atoms with Gasteiger partial charge in [-0.1, -0.05) is 11.6 Å². The summed E-state index contributed by atoms with van der Waals surface area (Å²) in [6, 6.07) is 3.95. The second-order valence-electron chi connectivity index (χ2n) is 3.31. The van der Waals surface area contributed by atoms with Gasteiger partial charge in [0.15, 0.2) is 0 Å². The van der Waals surface area contributed by atoms with E-state index in [-0.39, 0.29) is 0 Å². The van der Waals surface area contributed by atoms with Crippen LogP contribution in [-0.4, -0.2) is 37.7 Å². The van der Waals surface area contributed by atoms with Crippen LogP contribution in [0, 0.1) is 0 Å². The molecule has 0 spiro atoms. The molecule has 78 valence electrons. The number of hydrogen-bond donors (Lipinski definition) is 2. The van der Waals surface area contributed by atoms with E-state index in [1.807, 2.05) is 12.1 Å². The van der Waals surface area contributed by atoms with Crippen LogP contribution >= 0.6 is 22.9 Å². The predicted octanol–water partition coefficient (Wildman–Crippen LogP) is 1.68. The summed E-state index contributed by atoms with van der Waals surface area (Å²) in [5.41, 5.74) is 0. The standard InChI is InChI=1S/C9H14ClN3S/c10-8-1-2-9(14-8)12-7-13-5-3-11-4-6-13/h1-2,11-12H,3-7H2. The van der Waals surface area contributed by atoms with Gasteiger partial charge < -0.3 is 10.6 Å². The second kappa shape index (κ2) is 4.98. The van der Waals surface area contributed by atoms with Crippen molar-refractivity contribution < 1.29 is 0 Å². The third-order valence-electron chi connectivity index (χ3n) is 2.26. The van der Waals surface area contributed by atoms with E-state index in [4.69, 9.17) is 11.6 Å². The third kappa shape index (κ3) is 2.85. The lowest BCUT2D eigenvalue weighted by atomic mass is 10.4. The molecule has 1 aromatic heterocycles. The fourth-order valence-electron chi connectivity index (χ4n) is 1.47. The van der Waals surface area contributed by atoms with E-state index in [9.17, 15) is 0 Å². The lowest BCUT2D eigenvalue weighted by Gasteiger charge is -2.27. The van der Waals surface area contributed by atoms with Crippen molar-refractivity contribution in [1.82, 2.24) is 10.2 Å². The summed E-state index contributed by atoms with van der Waals surface area (Å²) >= 11 is 7.43. The summed E-state index contributed by atoms with van der Waals surface area (Å²) in [6.07, 6.45) is 0. The van der Waals surface area contributed by atoms with E-state index in [0.717, 1.165) is 42.2 Å². The molecule has 0 amide bonds. The van der Waals surface area contributed by atoms with Crippen LogP contribution in [-0.2, 0) is 0 Å². The number of hydrogen-bond acceptors (Lipinski definition) is 4. The van der Waals surface area contributed by atoms with Crippen molar-refractivity contribution in [3.8, 4) is 0 Å². The van der Waals surface area contributed by atoms with E-state index >= 15 is 0 Å². The molecule has 0 aliphatic carbocycles. The third-order valence-corrected chi connectivity index (χ3v) is 3.45. The second-order valence-corrected chi connectivity index (χ2v) is 5.02. The summed E-state index contributed by atoms with van der Waals surface area (Å²) in [5, 5.41) is 7.84. The van der Waals surface area contributed by atoms with Gasteiger partial charge in [-0.15, -0.1) is 11.3 Å². The van der Waals surface area contributed by atoms with Crippen LogP contribution in [0.4, 0.5) is 5.00 Å². The first-order valence-corrected chi connectivity index (χ1v) is 5.96. The normalized spacial score (nSPS) is 18.4. The lowest BCUT2D eigenvalue weighted by Crippen LogP contribution is -2.45. The lowest BCUT2D eigenvalue weighted by molar-refractivity contribution is 0.257. The first-order chi connectivity index (χ1) is 6.84. The number of thiophene rings is 1. The van der Waals surface area contributed by atoms with Crippen LogP contribution < -0.4 is 10.6 Å². The zero-order valence-corrected chi connectivity index (χ0v) is 9.50. The molecule has 1 aromatic rings. The Kier molecular flexibility index (Phi) is 3.64. The Morgan fingerprint density at radius 2 is 2.21 bits per heavy atom. The van der Waals surface area contributed by atoms with Gasteiger partial charge in [0.05, 0.1) is 16.0 Å². The Bertz CT molecular complexity index is 283. The summed E-state index contributed by atoms with van der Waals surface area (Å²) in [6.45, 7) is 5.33. The zero-order valence-electron chi connectivity index (χ0n) is 7.92. The monoisotopic (exact) mass is 231 g/mol. The van der Waals surface area contributed by atoms with Gasteiger partial charge >= 0.3 is 0 Å². The highest BCUT2D eigenvalue weighted by atomic mass is 35.5. The Morgan fingerprint density at radius 1 is 1.43 bits per heavy atom. The van der Waals surface area contributed by atoms with E-state index in [1.165, 1.54) is 0 Å². The molecule has 1 aliphatic rings. The van der Waals surface area contributed by atoms with E-state index in [1.54, 1.807) is 11.3 Å². The molecule has 0 aromatic carbocycles. The Hall–Kier alpha value is -0.290. The Morgan fingerprint density at radius 3 is 2.86 bits per heavy atom. The molecule has 3 nitrogen and oxygen atoms in total. The molecule has 14 heavy (non-hydrogen) atoms. The van der Waals surface area contributed by atoms with Crippen LogP contribution in [0.15, 0.2) is 12.1 Å². The quantitative estimate of drug-likeness (QED) is 0.829. The van der Waals surface area contributed by atoms with Gasteiger partial charge in [-0.25, -0.2) is 0 Å². The number of nitrogens with zero attached hydrogens (tertiary/aromatic N) is 1. The van der Waals surface area contributed by atoms with Crippen LogP contribution in [0.2, 0.25) is 4.34 Å². The highest BCUT2D eigenvalue weighted by Crippen LogP contribution is 2.25. The number of piperazine rings is 1. The average Bonchev–Trinajstić information content (AvgIpc) is 2.63. The van der Waals surface area contributed by atoms with Crippen LogP contribution in [0.25, 0.3) is 0 Å². The van der Waals surface area contributed by atoms with Crippen molar-refractivity contribution in [2.45, 2.75) is 0 Å². The first kappa shape index (κ1) is 10.2. The number of anilines is 1. The largest absolute Gasteiger partial charge is 0.364 e. The predicted molar refractivity (Wildman–Crippen MR) is 62.3 cm³/mol. The van der Waals surface area contributed by atoms with Gasteiger partial charge in [0.2, 0.25) is 0 Å². The minimum Gasteiger partial charge on any atom is -0.364 e. The maximum absolute atomic E-state index is 5.84. The van der Waals surface area contributed by atoms with Crippen molar-refractivity contribution in [3.63, 3.8) is 0 Å². The van der Waals surface area contributed by atoms with E-state index in [0.29, 0.717) is 0 Å². The summed E-state index contributed by atoms with van der Waals surface area (Å²) in [7, 11) is 0. The molecule has 1 saturated heterocycles. The smallest absolute Gasteiger partial charge is 0.0950 e. The molecule has 0 saturated carbocycles. The molecule has 0 bridgehead atoms. The van der Waals surface area contributed by atoms with Gasteiger partial charge in [-0.05, 0) is 12.1 Å². The van der Waals surface area contributed by atoms with Crippen molar-refractivity contribution >= 4 is 27.9 Å². The highest BCUT2D eigenvalue weighted by Gasteiger charge is 2.08. The molecule has 1 aliphatic heterocycles. The molecular weight excluding hydrogens is 218 g/mol. The van der Waals surface area contributed by atoms with Crippen molar-refractivity contribution in [1.29, 1.82) is 0 Å². The number of nitrogens with one attached hydrogen (secondary N) is 2. The molecule has 1 fully saturated rings. The molecule has 2 N–H and O–H groups in total. The maximum Gasteiger partial charge on any atom is 0.0950 e. The van der Waals surface area contributed by atoms with E-state index < -0.39 is 0 Å². The molecule has 2 heterocycles. The molecule has 0 atom stereocenters. The first-order valence-electron chi connectivity index (χ1n) is 4.77. The number of rotatable bonds is 3. The topological polar surface area (TPSA) is 27.3 Å². The van der Waals surface area contributed by atoms with Crippen molar-refractivity contribution in [2.24, 2.45) is 0 Å². The van der Waals surface area contributed by atoms with Crippen molar-refractivity contribution in [3.05, 3.63) is 16.5 Å². The SMILES string of the molecule is Clc1ccc(NCN2CCNCC2)s1. The summed E-state index contributed by atoms with van der Waals surface area (Å²) in [5.74, 6) is 0. The molecule has 0 unspecified atom stereocenters. The maximum atomic E-state index is 5.84. The van der Waals surface area contributed by atoms with Gasteiger partial charge in [-0.3, -0.25) is 4.90 Å². The molecular formula is C9H14ClN3S. The average molecular weight is 232 g/mol. The van der Waals surface area contributed by atoms with Crippen LogP contribution in [0.3, 0.4) is 0 Å². The Balaban J connectivity index is 1.76. The number of halogens is 1. The fraction of sp³-hybridized carbons (Fsp3) is 0.556. The highest BCUT2D eigenvalue weighted by molar-refractivity contribution is 7.19. The van der Waals surface area contributed by atoms with Crippen molar-refractivity contribution in [2.75, 3.05) is 38.2 Å². The van der Waals surface area contributed by atoms with Gasteiger partial charge in [0, 0.05) is 26.2 Å². The summed E-state index contributed by atoms with van der Waals surface area (Å²) < 4.78 is 0.841. The van der Waals surface area contributed by atoms with Gasteiger partial charge in [0.1, 0.15) is 0 Å². The molecule has 0 radical (unpaired) electrons. The summed E-state index contributed by atoms with van der Waals surface area (Å²) in [4.78, 5) is 2.39. The van der Waals surface area contributed by atoms with Gasteiger partial charge in [-0.2, -0.15) is 0 Å². The minimum atomic E-state index is 0.841. The fourth-order valence-corrected chi connectivity index (χ4v) is 2.40. The van der Waals surface area contributed by atoms with Gasteiger partial charge in [0.25, 0.3) is 0 Å². The van der Waals surface area contributed by atoms with E-state index in [2.05, 4.69) is 15.5 Å². The zero-order chi connectivity index (χ0) is 9.80. The van der Waals surface area contributed by atoms with Crippen LogP contribution in [0.1, 0.15) is 0 Å².